The fourth-order valence-electron chi connectivity index (χ4n) is 1.55. The van der Waals surface area contributed by atoms with Crippen molar-refractivity contribution in [1.29, 1.82) is 0 Å². The summed E-state index contributed by atoms with van der Waals surface area (Å²) in [7, 11) is 0. The Morgan fingerprint density at radius 3 is 2.83 bits per heavy atom. The van der Waals surface area contributed by atoms with Gasteiger partial charge in [0.2, 0.25) is 5.91 Å². The van der Waals surface area contributed by atoms with Gasteiger partial charge in [0.15, 0.2) is 5.82 Å². The third-order valence-corrected chi connectivity index (χ3v) is 2.37. The van der Waals surface area contributed by atoms with E-state index in [0.717, 1.165) is 11.3 Å². The Morgan fingerprint density at radius 2 is 2.17 bits per heavy atom. The molecule has 0 unspecified atom stereocenters. The third-order valence-electron chi connectivity index (χ3n) is 2.37. The monoisotopic (exact) mass is 245 g/mol. The van der Waals surface area contributed by atoms with Gasteiger partial charge in [-0.3, -0.25) is 4.79 Å². The highest BCUT2D eigenvalue weighted by atomic mass is 16.5. The number of amides is 1. The lowest BCUT2D eigenvalue weighted by Crippen LogP contribution is -2.21. The van der Waals surface area contributed by atoms with E-state index in [1.54, 1.807) is 13.0 Å². The van der Waals surface area contributed by atoms with Crippen LogP contribution in [0.2, 0.25) is 0 Å². The van der Waals surface area contributed by atoms with Gasteiger partial charge < -0.3 is 15.2 Å². The molecule has 0 saturated carbocycles. The first-order valence-electron chi connectivity index (χ1n) is 5.67. The Morgan fingerprint density at radius 1 is 1.33 bits per heavy atom. The lowest BCUT2D eigenvalue weighted by atomic mass is 10.2. The molecular weight excluding hydrogens is 230 g/mol. The van der Waals surface area contributed by atoms with Gasteiger partial charge in [0.25, 0.3) is 0 Å². The number of aromatic nitrogens is 1. The first-order valence-corrected chi connectivity index (χ1v) is 5.67. The van der Waals surface area contributed by atoms with Crippen molar-refractivity contribution in [3.8, 4) is 0 Å². The van der Waals surface area contributed by atoms with E-state index in [1.807, 2.05) is 31.2 Å². The van der Waals surface area contributed by atoms with E-state index in [4.69, 9.17) is 4.52 Å². The van der Waals surface area contributed by atoms with Crippen molar-refractivity contribution in [2.45, 2.75) is 13.8 Å². The lowest BCUT2D eigenvalue weighted by Gasteiger charge is -2.06. The molecule has 94 valence electrons. The van der Waals surface area contributed by atoms with E-state index in [2.05, 4.69) is 15.8 Å². The molecule has 2 rings (SSSR count). The number of carbonyl (C=O) groups excluding carboxylic acids is 1. The molecule has 0 fully saturated rings. The van der Waals surface area contributed by atoms with Gasteiger partial charge >= 0.3 is 0 Å². The van der Waals surface area contributed by atoms with Crippen LogP contribution in [0.15, 0.2) is 34.9 Å². The summed E-state index contributed by atoms with van der Waals surface area (Å²) in [4.78, 5) is 11.6. The zero-order valence-corrected chi connectivity index (χ0v) is 10.4. The standard InChI is InChI=1S/C13H15N3O2/c1-9-4-3-5-11(6-9)14-8-13(17)15-12-7-10(2)18-16-12/h3-7,14H,8H2,1-2H3,(H,15,16,17). The average molecular weight is 245 g/mol. The smallest absolute Gasteiger partial charge is 0.244 e. The van der Waals surface area contributed by atoms with Crippen LogP contribution in [0.3, 0.4) is 0 Å². The molecule has 1 aromatic carbocycles. The quantitative estimate of drug-likeness (QED) is 0.867. The lowest BCUT2D eigenvalue weighted by molar-refractivity contribution is -0.114. The van der Waals surface area contributed by atoms with Crippen molar-refractivity contribution < 1.29 is 9.32 Å². The Balaban J connectivity index is 1.85. The van der Waals surface area contributed by atoms with Crippen LogP contribution in [0.5, 0.6) is 0 Å². The zero-order chi connectivity index (χ0) is 13.0. The molecule has 0 aliphatic rings. The molecule has 0 spiro atoms. The Labute approximate surface area is 105 Å². The van der Waals surface area contributed by atoms with Crippen LogP contribution in [0, 0.1) is 13.8 Å². The number of hydrogen-bond donors (Lipinski definition) is 2. The number of hydrogen-bond acceptors (Lipinski definition) is 4. The van der Waals surface area contributed by atoms with Crippen molar-refractivity contribution in [2.75, 3.05) is 17.2 Å². The highest BCUT2D eigenvalue weighted by molar-refractivity contribution is 5.92. The molecule has 1 aromatic heterocycles. The van der Waals surface area contributed by atoms with Crippen LogP contribution >= 0.6 is 0 Å². The maximum atomic E-state index is 11.6. The number of nitrogens with one attached hydrogen (secondary N) is 2. The molecule has 0 bridgehead atoms. The summed E-state index contributed by atoms with van der Waals surface area (Å²) in [5, 5.41) is 9.37. The van der Waals surface area contributed by atoms with Crippen molar-refractivity contribution in [2.24, 2.45) is 0 Å². The minimum Gasteiger partial charge on any atom is -0.376 e. The molecule has 2 aromatic rings. The SMILES string of the molecule is Cc1cccc(NCC(=O)Nc2cc(C)on2)c1. The second-order valence-corrected chi connectivity index (χ2v) is 4.09. The molecule has 1 amide bonds. The first-order chi connectivity index (χ1) is 8.63. The molecule has 0 aliphatic carbocycles. The Kier molecular flexibility index (Phi) is 3.62. The number of rotatable bonds is 4. The number of anilines is 2. The second-order valence-electron chi connectivity index (χ2n) is 4.09. The molecule has 1 heterocycles. The zero-order valence-electron chi connectivity index (χ0n) is 10.4. The van der Waals surface area contributed by atoms with E-state index in [-0.39, 0.29) is 12.5 Å². The molecule has 5 heteroatoms. The van der Waals surface area contributed by atoms with Crippen molar-refractivity contribution in [3.05, 3.63) is 41.7 Å². The number of nitrogens with zero attached hydrogens (tertiary/aromatic N) is 1. The molecule has 0 atom stereocenters. The van der Waals surface area contributed by atoms with Gasteiger partial charge in [-0.05, 0) is 31.5 Å². The predicted octanol–water partition coefficient (Wildman–Crippen LogP) is 2.34. The summed E-state index contributed by atoms with van der Waals surface area (Å²) in [6.07, 6.45) is 0. The highest BCUT2D eigenvalue weighted by Gasteiger charge is 2.05. The summed E-state index contributed by atoms with van der Waals surface area (Å²) in [6, 6.07) is 9.51. The van der Waals surface area contributed by atoms with Crippen LogP contribution < -0.4 is 10.6 Å². The maximum absolute atomic E-state index is 11.6. The summed E-state index contributed by atoms with van der Waals surface area (Å²) in [5.41, 5.74) is 2.06. The second kappa shape index (κ2) is 5.35. The fraction of sp³-hybridized carbons (Fsp3) is 0.231. The van der Waals surface area contributed by atoms with E-state index in [9.17, 15) is 4.79 Å². The summed E-state index contributed by atoms with van der Waals surface area (Å²) >= 11 is 0. The molecular formula is C13H15N3O2. The first kappa shape index (κ1) is 12.2. The van der Waals surface area contributed by atoms with Gasteiger partial charge in [0.05, 0.1) is 6.54 Å². The minimum atomic E-state index is -0.162. The van der Waals surface area contributed by atoms with Crippen molar-refractivity contribution in [1.82, 2.24) is 5.16 Å². The normalized spacial score (nSPS) is 10.1. The maximum Gasteiger partial charge on any atom is 0.244 e. The number of carbonyl (C=O) groups is 1. The highest BCUT2D eigenvalue weighted by Crippen LogP contribution is 2.10. The van der Waals surface area contributed by atoms with E-state index < -0.39 is 0 Å². The van der Waals surface area contributed by atoms with Crippen LogP contribution in [-0.4, -0.2) is 17.6 Å². The van der Waals surface area contributed by atoms with Gasteiger partial charge in [-0.15, -0.1) is 0 Å². The van der Waals surface area contributed by atoms with Crippen molar-refractivity contribution >= 4 is 17.4 Å². The summed E-state index contributed by atoms with van der Waals surface area (Å²) < 4.78 is 4.86. The van der Waals surface area contributed by atoms with Gasteiger partial charge in [0, 0.05) is 11.8 Å². The minimum absolute atomic E-state index is 0.162. The van der Waals surface area contributed by atoms with Gasteiger partial charge in [-0.1, -0.05) is 17.3 Å². The summed E-state index contributed by atoms with van der Waals surface area (Å²) in [5.74, 6) is 0.935. The van der Waals surface area contributed by atoms with E-state index in [1.165, 1.54) is 0 Å². The van der Waals surface area contributed by atoms with Crippen molar-refractivity contribution in [3.63, 3.8) is 0 Å². The summed E-state index contributed by atoms with van der Waals surface area (Å²) in [6.45, 7) is 3.96. The fourth-order valence-corrected chi connectivity index (χ4v) is 1.55. The molecule has 5 nitrogen and oxygen atoms in total. The average Bonchev–Trinajstić information content (AvgIpc) is 2.72. The Hall–Kier alpha value is -2.30. The molecule has 2 N–H and O–H groups in total. The van der Waals surface area contributed by atoms with Crippen LogP contribution in [0.4, 0.5) is 11.5 Å². The molecule has 0 radical (unpaired) electrons. The van der Waals surface area contributed by atoms with E-state index in [0.29, 0.717) is 11.6 Å². The van der Waals surface area contributed by atoms with Gasteiger partial charge in [-0.2, -0.15) is 0 Å². The molecule has 0 saturated heterocycles. The molecule has 0 aliphatic heterocycles. The Bertz CT molecular complexity index is 549. The largest absolute Gasteiger partial charge is 0.376 e. The molecule has 18 heavy (non-hydrogen) atoms. The number of benzene rings is 1. The van der Waals surface area contributed by atoms with Crippen LogP contribution in [-0.2, 0) is 4.79 Å². The van der Waals surface area contributed by atoms with Gasteiger partial charge in [0.1, 0.15) is 5.76 Å². The van der Waals surface area contributed by atoms with E-state index >= 15 is 0 Å². The number of aryl methyl sites for hydroxylation is 2. The third kappa shape index (κ3) is 3.35. The van der Waals surface area contributed by atoms with Crippen LogP contribution in [0.1, 0.15) is 11.3 Å². The van der Waals surface area contributed by atoms with Crippen LogP contribution in [0.25, 0.3) is 0 Å². The predicted molar refractivity (Wildman–Crippen MR) is 69.5 cm³/mol. The van der Waals surface area contributed by atoms with Gasteiger partial charge in [-0.25, -0.2) is 0 Å². The topological polar surface area (TPSA) is 67.2 Å².